The van der Waals surface area contributed by atoms with Crippen LogP contribution in [0.15, 0.2) is 36.5 Å². The van der Waals surface area contributed by atoms with E-state index in [0.717, 1.165) is 77.0 Å². The quantitative estimate of drug-likeness (QED) is 0.0212. The number of nitrogens with zero attached hydrogens (tertiary/aromatic N) is 1. The molecule has 0 fully saturated rings. The second kappa shape index (κ2) is 46.9. The van der Waals surface area contributed by atoms with Gasteiger partial charge < -0.3 is 28.5 Å². The van der Waals surface area contributed by atoms with Crippen molar-refractivity contribution in [3.8, 4) is 0 Å². The van der Waals surface area contributed by atoms with Crippen LogP contribution >= 0.6 is 7.82 Å². The Balaban J connectivity index is 5.40. The molecule has 0 aromatic carbocycles. The van der Waals surface area contributed by atoms with Gasteiger partial charge >= 0.3 is 5.97 Å². The Bertz CT molecular complexity index is 1230. The van der Waals surface area contributed by atoms with Gasteiger partial charge in [-0.05, 0) is 83.1 Å². The fraction of sp³-hybridized carbons (Fsp3) is 0.857. The summed E-state index contributed by atoms with van der Waals surface area (Å²) in [4.78, 5) is 39.7. The van der Waals surface area contributed by atoms with Gasteiger partial charge in [-0.15, -0.1) is 0 Å². The van der Waals surface area contributed by atoms with Gasteiger partial charge in [0.25, 0.3) is 7.82 Å². The Labute approximate surface area is 408 Å². The molecule has 0 aromatic rings. The first-order valence-corrected chi connectivity index (χ1v) is 29.3. The van der Waals surface area contributed by atoms with Crippen molar-refractivity contribution < 1.29 is 37.3 Å². The van der Waals surface area contributed by atoms with Crippen molar-refractivity contribution in [3.05, 3.63) is 36.5 Å². The number of hydrogen-bond donors (Lipinski definition) is 1. The number of rotatable bonds is 50. The maximum absolute atomic E-state index is 13.4. The van der Waals surface area contributed by atoms with Crippen LogP contribution in [0.4, 0.5) is 0 Å². The van der Waals surface area contributed by atoms with E-state index in [1.165, 1.54) is 141 Å². The fourth-order valence-electron chi connectivity index (χ4n) is 7.92. The number of carbonyl (C=O) groups is 2. The SMILES string of the molecule is CCCCCC/C=C\CCCCCCCCCC(=O)NC(COP(=O)([O-])OCC[N+](C)(C)C)C(/C=C/CCCCCCCCCCCC)OC(=O)CCCCC/C=C\CCCCCCCC. The van der Waals surface area contributed by atoms with E-state index < -0.39 is 26.6 Å². The Morgan fingerprint density at radius 2 is 0.879 bits per heavy atom. The minimum atomic E-state index is -4.69. The molecule has 10 heteroatoms. The first-order valence-electron chi connectivity index (χ1n) is 27.8. The molecular weight excluding hydrogens is 844 g/mol. The Kier molecular flexibility index (Phi) is 45.7. The highest BCUT2D eigenvalue weighted by Crippen LogP contribution is 2.38. The molecule has 0 aliphatic rings. The number of allylic oxidation sites excluding steroid dienone is 5. The summed E-state index contributed by atoms with van der Waals surface area (Å²) in [7, 11) is 1.18. The lowest BCUT2D eigenvalue weighted by Gasteiger charge is -2.30. The number of unbranched alkanes of at least 4 members (excludes halogenated alkanes) is 30. The van der Waals surface area contributed by atoms with Crippen molar-refractivity contribution in [2.75, 3.05) is 40.9 Å². The van der Waals surface area contributed by atoms with Crippen LogP contribution in [0.1, 0.15) is 258 Å². The van der Waals surface area contributed by atoms with E-state index in [1.807, 2.05) is 33.3 Å². The zero-order valence-corrected chi connectivity index (χ0v) is 45.0. The van der Waals surface area contributed by atoms with Crippen LogP contribution in [0, 0.1) is 0 Å². The number of ether oxygens (including phenoxy) is 1. The molecule has 0 bridgehead atoms. The third-order valence-corrected chi connectivity index (χ3v) is 13.3. The van der Waals surface area contributed by atoms with Crippen molar-refractivity contribution in [1.82, 2.24) is 5.32 Å². The van der Waals surface area contributed by atoms with Gasteiger partial charge in [0.1, 0.15) is 19.3 Å². The maximum Gasteiger partial charge on any atom is 0.306 e. The van der Waals surface area contributed by atoms with Gasteiger partial charge in [-0.25, -0.2) is 0 Å². The lowest BCUT2D eigenvalue weighted by Crippen LogP contribution is -2.47. The van der Waals surface area contributed by atoms with Gasteiger partial charge in [-0.1, -0.05) is 199 Å². The molecule has 0 spiro atoms. The highest BCUT2D eigenvalue weighted by atomic mass is 31.2. The standard InChI is InChI=1S/C56H107N2O7P/c1-7-10-13-16-19-22-25-28-29-31-33-36-39-42-45-48-55(59)57-53(52-64-66(61,62)63-51-50-58(4,5)6)54(47-44-41-38-35-32-27-24-21-18-15-12-9-3)65-56(60)49-46-43-40-37-34-30-26-23-20-17-14-11-8-2/h22,25,30,34,44,47,53-54H,7-21,23-24,26-29,31-33,35-43,45-46,48-52H2,1-6H3,(H-,57,59,61,62)/b25-22-,34-30-,47-44+. The smallest absolute Gasteiger partial charge is 0.306 e. The van der Waals surface area contributed by atoms with E-state index in [4.69, 9.17) is 13.8 Å². The number of amides is 1. The molecule has 66 heavy (non-hydrogen) atoms. The number of quaternary nitrogens is 1. The largest absolute Gasteiger partial charge is 0.756 e. The van der Waals surface area contributed by atoms with Gasteiger partial charge in [0, 0.05) is 12.8 Å². The minimum Gasteiger partial charge on any atom is -0.756 e. The molecule has 0 radical (unpaired) electrons. The van der Waals surface area contributed by atoms with Crippen LogP contribution in [0.2, 0.25) is 0 Å². The van der Waals surface area contributed by atoms with E-state index >= 15 is 0 Å². The molecule has 3 unspecified atom stereocenters. The van der Waals surface area contributed by atoms with Crippen molar-refractivity contribution in [1.29, 1.82) is 0 Å². The molecular formula is C56H107N2O7P. The lowest BCUT2D eigenvalue weighted by molar-refractivity contribution is -0.870. The number of phosphoric ester groups is 1. The van der Waals surface area contributed by atoms with Crippen LogP contribution in [-0.4, -0.2) is 69.4 Å². The molecule has 1 N–H and O–H groups in total. The molecule has 0 aliphatic heterocycles. The summed E-state index contributed by atoms with van der Waals surface area (Å²) in [6.07, 6.45) is 53.9. The molecule has 388 valence electrons. The minimum absolute atomic E-state index is 0.0242. The van der Waals surface area contributed by atoms with Gasteiger partial charge in [0.15, 0.2) is 0 Å². The molecule has 0 aliphatic carbocycles. The highest BCUT2D eigenvalue weighted by molar-refractivity contribution is 7.45. The third-order valence-electron chi connectivity index (χ3n) is 12.3. The average molecular weight is 951 g/mol. The second-order valence-electron chi connectivity index (χ2n) is 20.1. The van der Waals surface area contributed by atoms with Crippen molar-refractivity contribution >= 4 is 19.7 Å². The van der Waals surface area contributed by atoms with Crippen LogP contribution < -0.4 is 10.2 Å². The molecule has 9 nitrogen and oxygen atoms in total. The zero-order chi connectivity index (χ0) is 48.7. The molecule has 3 atom stereocenters. The van der Waals surface area contributed by atoms with Crippen molar-refractivity contribution in [2.45, 2.75) is 270 Å². The lowest BCUT2D eigenvalue weighted by atomic mass is 10.0. The van der Waals surface area contributed by atoms with E-state index in [1.54, 1.807) is 0 Å². The van der Waals surface area contributed by atoms with Gasteiger partial charge in [0.05, 0.1) is 33.8 Å². The first kappa shape index (κ1) is 64.2. The normalized spacial score (nSPS) is 14.1. The zero-order valence-electron chi connectivity index (χ0n) is 44.2. The van der Waals surface area contributed by atoms with E-state index in [-0.39, 0.29) is 24.9 Å². The van der Waals surface area contributed by atoms with Crippen molar-refractivity contribution in [2.24, 2.45) is 0 Å². The van der Waals surface area contributed by atoms with Gasteiger partial charge in [0.2, 0.25) is 5.91 Å². The Hall–Kier alpha value is -1.77. The van der Waals surface area contributed by atoms with Crippen molar-refractivity contribution in [3.63, 3.8) is 0 Å². The molecule has 0 aromatic heterocycles. The molecule has 1 amide bonds. The van der Waals surface area contributed by atoms with E-state index in [9.17, 15) is 19.0 Å². The monoisotopic (exact) mass is 951 g/mol. The topological polar surface area (TPSA) is 114 Å². The number of esters is 1. The highest BCUT2D eigenvalue weighted by Gasteiger charge is 2.27. The molecule has 0 saturated heterocycles. The molecule has 0 heterocycles. The molecule has 0 rings (SSSR count). The average Bonchev–Trinajstić information content (AvgIpc) is 3.27. The Morgan fingerprint density at radius 1 is 0.515 bits per heavy atom. The first-order chi connectivity index (χ1) is 31.9. The number of hydrogen-bond acceptors (Lipinski definition) is 7. The number of carbonyl (C=O) groups excluding carboxylic acids is 2. The summed E-state index contributed by atoms with van der Waals surface area (Å²) in [6.45, 7) is 6.81. The number of nitrogens with one attached hydrogen (secondary N) is 1. The van der Waals surface area contributed by atoms with E-state index in [2.05, 4.69) is 50.4 Å². The number of likely N-dealkylation sites (N-methyl/N-ethyl adjacent to an activating group) is 1. The van der Waals surface area contributed by atoms with Gasteiger partial charge in [-0.3, -0.25) is 14.2 Å². The van der Waals surface area contributed by atoms with Crippen LogP contribution in [0.25, 0.3) is 0 Å². The summed E-state index contributed by atoms with van der Waals surface area (Å²) in [5.41, 5.74) is 0. The fourth-order valence-corrected chi connectivity index (χ4v) is 8.64. The maximum atomic E-state index is 13.4. The predicted octanol–water partition coefficient (Wildman–Crippen LogP) is 15.8. The van der Waals surface area contributed by atoms with Crippen LogP contribution in [0.5, 0.6) is 0 Å². The summed E-state index contributed by atoms with van der Waals surface area (Å²) >= 11 is 0. The van der Waals surface area contributed by atoms with Crippen LogP contribution in [0.3, 0.4) is 0 Å². The molecule has 0 saturated carbocycles. The van der Waals surface area contributed by atoms with E-state index in [0.29, 0.717) is 23.9 Å². The Morgan fingerprint density at radius 3 is 1.32 bits per heavy atom. The summed E-state index contributed by atoms with van der Waals surface area (Å²) in [5.74, 6) is -0.560. The summed E-state index contributed by atoms with van der Waals surface area (Å²) < 4.78 is 30.2. The third kappa shape index (κ3) is 47.3. The summed E-state index contributed by atoms with van der Waals surface area (Å²) in [6, 6.07) is -0.892. The number of phosphoric acid groups is 1. The van der Waals surface area contributed by atoms with Gasteiger partial charge in [-0.2, -0.15) is 0 Å². The van der Waals surface area contributed by atoms with Crippen LogP contribution in [-0.2, 0) is 27.9 Å². The second-order valence-corrected chi connectivity index (χ2v) is 21.5. The summed E-state index contributed by atoms with van der Waals surface area (Å²) in [5, 5.41) is 3.01. The predicted molar refractivity (Wildman–Crippen MR) is 279 cm³/mol.